The molecule has 16 heavy (non-hydrogen) atoms. The summed E-state index contributed by atoms with van der Waals surface area (Å²) in [5.41, 5.74) is 0.190. The van der Waals surface area contributed by atoms with E-state index in [2.05, 4.69) is 15.5 Å². The molecule has 0 saturated heterocycles. The number of amides is 1. The predicted molar refractivity (Wildman–Crippen MR) is 59.4 cm³/mol. The maximum Gasteiger partial charge on any atom is 0.278 e. The van der Waals surface area contributed by atoms with Crippen molar-refractivity contribution in [2.45, 2.75) is 0 Å². The molecule has 0 atom stereocenters. The molecule has 2 aromatic heterocycles. The lowest BCUT2D eigenvalue weighted by Crippen LogP contribution is -2.14. The van der Waals surface area contributed by atoms with Gasteiger partial charge < -0.3 is 5.32 Å². The van der Waals surface area contributed by atoms with E-state index < -0.39 is 0 Å². The summed E-state index contributed by atoms with van der Waals surface area (Å²) in [6.45, 7) is 0. The Morgan fingerprint density at radius 2 is 2.12 bits per heavy atom. The molecule has 2 heterocycles. The number of anilines is 1. The average Bonchev–Trinajstić information content (AvgIpc) is 2.73. The minimum absolute atomic E-state index is 0.190. The fraction of sp³-hybridized carbons (Fsp3) is 0.222. The molecule has 6 nitrogen and oxygen atoms in total. The van der Waals surface area contributed by atoms with Gasteiger partial charge in [0.2, 0.25) is 0 Å². The van der Waals surface area contributed by atoms with E-state index in [1.807, 2.05) is 0 Å². The van der Waals surface area contributed by atoms with Gasteiger partial charge in [0, 0.05) is 32.6 Å². The van der Waals surface area contributed by atoms with Gasteiger partial charge in [-0.25, -0.2) is 0 Å². The topological polar surface area (TPSA) is 64.7 Å². The maximum absolute atomic E-state index is 11.7. The zero-order valence-electron chi connectivity index (χ0n) is 8.81. The first-order chi connectivity index (χ1) is 7.56. The van der Waals surface area contributed by atoms with Crippen molar-refractivity contribution in [1.82, 2.24) is 19.6 Å². The van der Waals surface area contributed by atoms with Crippen LogP contribution in [0.1, 0.15) is 10.5 Å². The largest absolute Gasteiger partial charge is 0.304 e. The van der Waals surface area contributed by atoms with Crippen LogP contribution in [0.4, 0.5) is 5.82 Å². The smallest absolute Gasteiger partial charge is 0.278 e. The molecule has 84 valence electrons. The molecule has 1 amide bonds. The van der Waals surface area contributed by atoms with Gasteiger partial charge in [-0.2, -0.15) is 10.2 Å². The van der Waals surface area contributed by atoms with Gasteiger partial charge in [0.05, 0.1) is 5.02 Å². The number of halogens is 1. The summed E-state index contributed by atoms with van der Waals surface area (Å²) in [6.07, 6.45) is 3.30. The van der Waals surface area contributed by atoms with Crippen LogP contribution in [-0.2, 0) is 14.1 Å². The molecule has 0 saturated carbocycles. The standard InChI is InChI=1S/C9H10ClN5O/c1-14-4-3-7(12-14)11-9(16)8-6(10)5-15(2)13-8/h3-5H,1-2H3,(H,11,12,16). The van der Waals surface area contributed by atoms with E-state index in [0.29, 0.717) is 10.8 Å². The van der Waals surface area contributed by atoms with Crippen molar-refractivity contribution in [3.63, 3.8) is 0 Å². The summed E-state index contributed by atoms with van der Waals surface area (Å²) in [5.74, 6) is 0.0959. The van der Waals surface area contributed by atoms with Crippen molar-refractivity contribution >= 4 is 23.3 Å². The van der Waals surface area contributed by atoms with Gasteiger partial charge in [-0.05, 0) is 0 Å². The monoisotopic (exact) mass is 239 g/mol. The second kappa shape index (κ2) is 3.97. The van der Waals surface area contributed by atoms with E-state index >= 15 is 0 Å². The van der Waals surface area contributed by atoms with Gasteiger partial charge in [-0.15, -0.1) is 0 Å². The van der Waals surface area contributed by atoms with Gasteiger partial charge in [0.25, 0.3) is 5.91 Å². The summed E-state index contributed by atoms with van der Waals surface area (Å²) < 4.78 is 3.07. The molecule has 1 N–H and O–H groups in total. The molecule has 0 fully saturated rings. The number of aryl methyl sites for hydroxylation is 2. The van der Waals surface area contributed by atoms with E-state index in [9.17, 15) is 4.79 Å². The molecule has 0 unspecified atom stereocenters. The fourth-order valence-electron chi connectivity index (χ4n) is 1.27. The third-order valence-electron chi connectivity index (χ3n) is 1.95. The summed E-state index contributed by atoms with van der Waals surface area (Å²) in [6, 6.07) is 1.69. The fourth-order valence-corrected chi connectivity index (χ4v) is 1.54. The van der Waals surface area contributed by atoms with Crippen LogP contribution in [0.3, 0.4) is 0 Å². The van der Waals surface area contributed by atoms with E-state index in [1.54, 1.807) is 37.2 Å². The highest BCUT2D eigenvalue weighted by Gasteiger charge is 2.15. The molecular weight excluding hydrogens is 230 g/mol. The van der Waals surface area contributed by atoms with Crippen LogP contribution in [0.5, 0.6) is 0 Å². The Morgan fingerprint density at radius 3 is 2.62 bits per heavy atom. The molecule has 0 aliphatic carbocycles. The number of nitrogens with one attached hydrogen (secondary N) is 1. The number of nitrogens with zero attached hydrogens (tertiary/aromatic N) is 4. The molecule has 0 aliphatic rings. The van der Waals surface area contributed by atoms with E-state index in [1.165, 1.54) is 4.68 Å². The quantitative estimate of drug-likeness (QED) is 0.852. The first-order valence-corrected chi connectivity index (χ1v) is 4.94. The molecule has 2 aromatic rings. The lowest BCUT2D eigenvalue weighted by atomic mass is 10.4. The summed E-state index contributed by atoms with van der Waals surface area (Å²) in [5, 5.41) is 10.9. The minimum Gasteiger partial charge on any atom is -0.304 e. The van der Waals surface area contributed by atoms with Crippen LogP contribution in [-0.4, -0.2) is 25.5 Å². The zero-order chi connectivity index (χ0) is 11.7. The van der Waals surface area contributed by atoms with Gasteiger partial charge in [0.1, 0.15) is 0 Å². The molecule has 0 aliphatic heterocycles. The third-order valence-corrected chi connectivity index (χ3v) is 2.23. The lowest BCUT2D eigenvalue weighted by molar-refractivity contribution is 0.102. The Balaban J connectivity index is 2.17. The predicted octanol–water partition coefficient (Wildman–Crippen LogP) is 1.06. The third kappa shape index (κ3) is 2.06. The highest BCUT2D eigenvalue weighted by Crippen LogP contribution is 2.14. The number of carbonyl (C=O) groups excluding carboxylic acids is 1. The molecule has 0 radical (unpaired) electrons. The Labute approximate surface area is 96.8 Å². The maximum atomic E-state index is 11.7. The van der Waals surface area contributed by atoms with Crippen LogP contribution < -0.4 is 5.32 Å². The molecule has 0 spiro atoms. The average molecular weight is 240 g/mol. The van der Waals surface area contributed by atoms with Gasteiger partial charge in [-0.3, -0.25) is 14.2 Å². The number of carbonyl (C=O) groups is 1. The second-order valence-electron chi connectivity index (χ2n) is 3.33. The number of rotatable bonds is 2. The minimum atomic E-state index is -0.371. The van der Waals surface area contributed by atoms with Crippen LogP contribution in [0.15, 0.2) is 18.5 Å². The normalized spacial score (nSPS) is 10.4. The lowest BCUT2D eigenvalue weighted by Gasteiger charge is -1.98. The Hall–Kier alpha value is -1.82. The highest BCUT2D eigenvalue weighted by molar-refractivity contribution is 6.34. The first kappa shape index (κ1) is 10.7. The molecule has 2 rings (SSSR count). The van der Waals surface area contributed by atoms with Crippen molar-refractivity contribution in [3.05, 3.63) is 29.2 Å². The van der Waals surface area contributed by atoms with Crippen LogP contribution >= 0.6 is 11.6 Å². The van der Waals surface area contributed by atoms with Crippen LogP contribution in [0.25, 0.3) is 0 Å². The molecule has 0 bridgehead atoms. The number of aromatic nitrogens is 4. The molecule has 0 aromatic carbocycles. The van der Waals surface area contributed by atoms with Crippen LogP contribution in [0, 0.1) is 0 Å². The Bertz CT molecular complexity index is 530. The van der Waals surface area contributed by atoms with Crippen molar-refractivity contribution in [2.24, 2.45) is 14.1 Å². The van der Waals surface area contributed by atoms with Gasteiger partial charge >= 0.3 is 0 Å². The first-order valence-electron chi connectivity index (χ1n) is 4.56. The molecular formula is C9H10ClN5O. The summed E-state index contributed by atoms with van der Waals surface area (Å²) in [7, 11) is 3.47. The van der Waals surface area contributed by atoms with Crippen molar-refractivity contribution in [3.8, 4) is 0 Å². The van der Waals surface area contributed by atoms with Gasteiger partial charge in [0.15, 0.2) is 11.5 Å². The van der Waals surface area contributed by atoms with Crippen molar-refractivity contribution in [2.75, 3.05) is 5.32 Å². The zero-order valence-corrected chi connectivity index (χ0v) is 9.56. The Kier molecular flexibility index (Phi) is 2.66. The van der Waals surface area contributed by atoms with E-state index in [4.69, 9.17) is 11.6 Å². The van der Waals surface area contributed by atoms with Crippen LogP contribution in [0.2, 0.25) is 5.02 Å². The van der Waals surface area contributed by atoms with Gasteiger partial charge in [-0.1, -0.05) is 11.6 Å². The second-order valence-corrected chi connectivity index (χ2v) is 3.74. The highest BCUT2D eigenvalue weighted by atomic mass is 35.5. The SMILES string of the molecule is Cn1ccc(NC(=O)c2nn(C)cc2Cl)n1. The van der Waals surface area contributed by atoms with E-state index in [-0.39, 0.29) is 11.6 Å². The summed E-state index contributed by atoms with van der Waals surface area (Å²) in [4.78, 5) is 11.7. The molecule has 7 heteroatoms. The van der Waals surface area contributed by atoms with E-state index in [0.717, 1.165) is 0 Å². The van der Waals surface area contributed by atoms with Crippen molar-refractivity contribution < 1.29 is 4.79 Å². The Morgan fingerprint density at radius 1 is 1.38 bits per heavy atom. The summed E-state index contributed by atoms with van der Waals surface area (Å²) >= 11 is 5.84. The number of hydrogen-bond acceptors (Lipinski definition) is 3. The number of hydrogen-bond donors (Lipinski definition) is 1. The van der Waals surface area contributed by atoms with Crippen molar-refractivity contribution in [1.29, 1.82) is 0 Å².